The fourth-order valence-corrected chi connectivity index (χ4v) is 3.33. The second kappa shape index (κ2) is 6.96. The quantitative estimate of drug-likeness (QED) is 0.776. The van der Waals surface area contributed by atoms with E-state index in [-0.39, 0.29) is 18.3 Å². The van der Waals surface area contributed by atoms with E-state index in [9.17, 15) is 0 Å². The molecule has 0 bridgehead atoms. The highest BCUT2D eigenvalue weighted by Crippen LogP contribution is 2.39. The van der Waals surface area contributed by atoms with E-state index in [0.29, 0.717) is 13.2 Å². The Morgan fingerprint density at radius 2 is 1.92 bits per heavy atom. The zero-order valence-corrected chi connectivity index (χ0v) is 15.1. The SMILES string of the molecule is CO[C@@H]1O[C@H](Cn2cc(COc3ccccc3)nn2)[C@H]2OC(C)(C)O[C@@H]12. The zero-order chi connectivity index (χ0) is 18.1. The summed E-state index contributed by atoms with van der Waals surface area (Å²) in [5.74, 6) is 0.149. The topological polar surface area (TPSA) is 76.9 Å². The maximum absolute atomic E-state index is 5.99. The molecule has 2 aliphatic rings. The summed E-state index contributed by atoms with van der Waals surface area (Å²) in [6.07, 6.45) is 0.725. The van der Waals surface area contributed by atoms with Gasteiger partial charge in [0.25, 0.3) is 0 Å². The number of benzene rings is 1. The Morgan fingerprint density at radius 1 is 1.15 bits per heavy atom. The molecule has 0 aliphatic carbocycles. The maximum Gasteiger partial charge on any atom is 0.186 e. The summed E-state index contributed by atoms with van der Waals surface area (Å²) in [5, 5.41) is 8.32. The van der Waals surface area contributed by atoms with E-state index in [2.05, 4.69) is 10.3 Å². The number of ether oxygens (including phenoxy) is 5. The summed E-state index contributed by atoms with van der Waals surface area (Å²) in [4.78, 5) is 0. The van der Waals surface area contributed by atoms with E-state index in [1.807, 2.05) is 50.4 Å². The van der Waals surface area contributed by atoms with Gasteiger partial charge in [0.1, 0.15) is 36.4 Å². The predicted molar refractivity (Wildman–Crippen MR) is 90.3 cm³/mol. The van der Waals surface area contributed by atoms with Crippen molar-refractivity contribution in [3.63, 3.8) is 0 Å². The molecule has 0 unspecified atom stereocenters. The molecular weight excluding hydrogens is 338 g/mol. The molecule has 3 heterocycles. The summed E-state index contributed by atoms with van der Waals surface area (Å²) < 4.78 is 30.6. The van der Waals surface area contributed by atoms with Crippen molar-refractivity contribution >= 4 is 0 Å². The molecule has 2 aromatic rings. The summed E-state index contributed by atoms with van der Waals surface area (Å²) in [6.45, 7) is 4.64. The van der Waals surface area contributed by atoms with Gasteiger partial charge in [-0.15, -0.1) is 5.10 Å². The molecule has 1 aromatic heterocycles. The molecule has 8 nitrogen and oxygen atoms in total. The van der Waals surface area contributed by atoms with E-state index in [1.165, 1.54) is 0 Å². The lowest BCUT2D eigenvalue weighted by Crippen LogP contribution is -2.33. The van der Waals surface area contributed by atoms with Crippen LogP contribution in [-0.2, 0) is 32.1 Å². The minimum atomic E-state index is -0.648. The van der Waals surface area contributed by atoms with Gasteiger partial charge in [0.05, 0.1) is 12.7 Å². The lowest BCUT2D eigenvalue weighted by molar-refractivity contribution is -0.228. The molecule has 2 aliphatic heterocycles. The van der Waals surface area contributed by atoms with E-state index in [1.54, 1.807) is 11.8 Å². The smallest absolute Gasteiger partial charge is 0.186 e. The Labute approximate surface area is 151 Å². The van der Waals surface area contributed by atoms with Crippen LogP contribution in [0.4, 0.5) is 0 Å². The second-order valence-corrected chi connectivity index (χ2v) is 6.88. The number of rotatable bonds is 6. The zero-order valence-electron chi connectivity index (χ0n) is 15.1. The molecule has 0 radical (unpaired) electrons. The van der Waals surface area contributed by atoms with Crippen molar-refractivity contribution in [3.8, 4) is 5.75 Å². The van der Waals surface area contributed by atoms with Crippen molar-refractivity contribution in [2.45, 2.75) is 57.4 Å². The molecule has 0 saturated carbocycles. The van der Waals surface area contributed by atoms with Gasteiger partial charge in [-0.05, 0) is 26.0 Å². The molecular formula is C18H23N3O5. The normalized spacial score (nSPS) is 29.7. The Balaban J connectivity index is 1.38. The van der Waals surface area contributed by atoms with E-state index in [4.69, 9.17) is 23.7 Å². The highest BCUT2D eigenvalue weighted by atomic mass is 16.8. The lowest BCUT2D eigenvalue weighted by atomic mass is 10.1. The highest BCUT2D eigenvalue weighted by molar-refractivity contribution is 5.21. The molecule has 2 saturated heterocycles. The first-order valence-corrected chi connectivity index (χ1v) is 8.65. The summed E-state index contributed by atoms with van der Waals surface area (Å²) in [7, 11) is 1.60. The first-order chi connectivity index (χ1) is 12.5. The van der Waals surface area contributed by atoms with Crippen molar-refractivity contribution in [1.82, 2.24) is 15.0 Å². The Hall–Kier alpha value is -2.00. The van der Waals surface area contributed by atoms with Crippen LogP contribution >= 0.6 is 0 Å². The monoisotopic (exact) mass is 361 g/mol. The molecule has 0 N–H and O–H groups in total. The largest absolute Gasteiger partial charge is 0.487 e. The number of fused-ring (bicyclic) bond motifs is 1. The van der Waals surface area contributed by atoms with Gasteiger partial charge in [-0.3, -0.25) is 0 Å². The van der Waals surface area contributed by atoms with Gasteiger partial charge in [-0.25, -0.2) is 4.68 Å². The molecule has 140 valence electrons. The van der Waals surface area contributed by atoms with Gasteiger partial charge in [0.2, 0.25) is 0 Å². The van der Waals surface area contributed by atoms with E-state index in [0.717, 1.165) is 11.4 Å². The average Bonchev–Trinajstić information content (AvgIpc) is 3.28. The van der Waals surface area contributed by atoms with Crippen LogP contribution in [0.2, 0.25) is 0 Å². The van der Waals surface area contributed by atoms with Crippen LogP contribution in [-0.4, -0.2) is 52.5 Å². The Kier molecular flexibility index (Phi) is 4.66. The predicted octanol–water partition coefficient (Wildman–Crippen LogP) is 1.75. The molecule has 4 atom stereocenters. The number of aromatic nitrogens is 3. The van der Waals surface area contributed by atoms with Gasteiger partial charge in [-0.2, -0.15) is 0 Å². The molecule has 1 aromatic carbocycles. The van der Waals surface area contributed by atoms with Crippen molar-refractivity contribution < 1.29 is 23.7 Å². The van der Waals surface area contributed by atoms with Crippen molar-refractivity contribution in [2.75, 3.05) is 7.11 Å². The first-order valence-electron chi connectivity index (χ1n) is 8.65. The van der Waals surface area contributed by atoms with Gasteiger partial charge in [0.15, 0.2) is 12.1 Å². The van der Waals surface area contributed by atoms with Gasteiger partial charge in [0, 0.05) is 7.11 Å². The van der Waals surface area contributed by atoms with Crippen LogP contribution in [0.15, 0.2) is 36.5 Å². The number of methoxy groups -OCH3 is 1. The lowest BCUT2D eigenvalue weighted by Gasteiger charge is -2.23. The number of nitrogens with zero attached hydrogens (tertiary/aromatic N) is 3. The van der Waals surface area contributed by atoms with Gasteiger partial charge in [-0.1, -0.05) is 23.4 Å². The van der Waals surface area contributed by atoms with Gasteiger partial charge >= 0.3 is 0 Å². The van der Waals surface area contributed by atoms with Crippen molar-refractivity contribution in [3.05, 3.63) is 42.2 Å². The highest BCUT2D eigenvalue weighted by Gasteiger charge is 2.55. The van der Waals surface area contributed by atoms with Crippen LogP contribution in [0.25, 0.3) is 0 Å². The van der Waals surface area contributed by atoms with Crippen molar-refractivity contribution in [2.24, 2.45) is 0 Å². The third-order valence-electron chi connectivity index (χ3n) is 4.42. The van der Waals surface area contributed by atoms with Crippen LogP contribution < -0.4 is 4.74 Å². The summed E-state index contributed by atoms with van der Waals surface area (Å²) >= 11 is 0. The third-order valence-corrected chi connectivity index (χ3v) is 4.42. The van der Waals surface area contributed by atoms with Gasteiger partial charge < -0.3 is 23.7 Å². The molecule has 0 spiro atoms. The number of hydrogen-bond donors (Lipinski definition) is 0. The van der Waals surface area contributed by atoms with Crippen LogP contribution in [0.5, 0.6) is 5.75 Å². The molecule has 4 rings (SSSR count). The second-order valence-electron chi connectivity index (χ2n) is 6.88. The molecule has 2 fully saturated rings. The average molecular weight is 361 g/mol. The molecule has 0 amide bonds. The minimum Gasteiger partial charge on any atom is -0.487 e. The van der Waals surface area contributed by atoms with Crippen molar-refractivity contribution in [1.29, 1.82) is 0 Å². The van der Waals surface area contributed by atoms with E-state index >= 15 is 0 Å². The fraction of sp³-hybridized carbons (Fsp3) is 0.556. The van der Waals surface area contributed by atoms with E-state index < -0.39 is 12.1 Å². The Bertz CT molecular complexity index is 735. The molecule has 26 heavy (non-hydrogen) atoms. The number of hydrogen-bond acceptors (Lipinski definition) is 7. The fourth-order valence-electron chi connectivity index (χ4n) is 3.33. The Morgan fingerprint density at radius 3 is 2.69 bits per heavy atom. The standard InChI is InChI=1S/C18H23N3O5/c1-18(2)25-15-14(24-17(22-3)16(15)26-18)10-21-9-12(19-20-21)11-23-13-7-5-4-6-8-13/h4-9,14-17H,10-11H2,1-3H3/t14-,15-,16-,17-/m1/s1. The molecule has 8 heteroatoms. The summed E-state index contributed by atoms with van der Waals surface area (Å²) in [5.41, 5.74) is 0.746. The van der Waals surface area contributed by atoms with Crippen LogP contribution in [0, 0.1) is 0 Å². The summed E-state index contributed by atoms with van der Waals surface area (Å²) in [6, 6.07) is 9.61. The third kappa shape index (κ3) is 3.59. The first kappa shape index (κ1) is 17.4. The van der Waals surface area contributed by atoms with Crippen LogP contribution in [0.3, 0.4) is 0 Å². The number of para-hydroxylation sites is 1. The minimum absolute atomic E-state index is 0.205. The maximum atomic E-state index is 5.99. The van der Waals surface area contributed by atoms with Crippen LogP contribution in [0.1, 0.15) is 19.5 Å².